The van der Waals surface area contributed by atoms with Crippen LogP contribution in [0.3, 0.4) is 0 Å². The second-order valence-electron chi connectivity index (χ2n) is 3.41. The van der Waals surface area contributed by atoms with Gasteiger partial charge in [0.05, 0.1) is 5.56 Å². The predicted octanol–water partition coefficient (Wildman–Crippen LogP) is 0.820. The highest BCUT2D eigenvalue weighted by molar-refractivity contribution is 7.99. The van der Waals surface area contributed by atoms with Crippen LogP contribution in [0.25, 0.3) is 0 Å². The molecule has 0 radical (unpaired) electrons. The van der Waals surface area contributed by atoms with Crippen LogP contribution < -0.4 is 5.73 Å². The lowest BCUT2D eigenvalue weighted by Crippen LogP contribution is -2.13. The van der Waals surface area contributed by atoms with Gasteiger partial charge in [-0.05, 0) is 36.0 Å². The van der Waals surface area contributed by atoms with Crippen LogP contribution in [0.2, 0.25) is 0 Å². The molecule has 0 saturated heterocycles. The van der Waals surface area contributed by atoms with E-state index in [1.54, 1.807) is 6.07 Å². The fourth-order valence-corrected chi connectivity index (χ4v) is 1.94. The van der Waals surface area contributed by atoms with Crippen LogP contribution in [-0.4, -0.2) is 32.2 Å². The fraction of sp³-hybridized carbons (Fsp3) is 0. The number of primary amides is 1. The van der Waals surface area contributed by atoms with E-state index in [2.05, 4.69) is 15.2 Å². The number of rotatable bonds is 4. The largest absolute Gasteiger partial charge is 0.478 e. The van der Waals surface area contributed by atoms with E-state index in [-0.39, 0.29) is 11.3 Å². The van der Waals surface area contributed by atoms with E-state index in [4.69, 9.17) is 10.8 Å². The van der Waals surface area contributed by atoms with Gasteiger partial charge in [0.1, 0.15) is 10.1 Å². The number of hydrogen-bond donors (Lipinski definition) is 2. The van der Waals surface area contributed by atoms with Crippen molar-refractivity contribution < 1.29 is 14.7 Å². The maximum Gasteiger partial charge on any atom is 0.335 e. The number of carboxylic acid groups (broad SMARTS) is 1. The molecule has 2 rings (SSSR count). The lowest BCUT2D eigenvalue weighted by atomic mass is 10.3. The molecule has 0 saturated carbocycles. The average Bonchev–Trinajstić information content (AvgIpc) is 2.39. The molecule has 96 valence electrons. The van der Waals surface area contributed by atoms with Crippen molar-refractivity contribution in [2.45, 2.75) is 10.1 Å². The van der Waals surface area contributed by atoms with Gasteiger partial charge in [-0.25, -0.2) is 9.78 Å². The summed E-state index contributed by atoms with van der Waals surface area (Å²) in [6.45, 7) is 0. The molecule has 0 spiro atoms. The summed E-state index contributed by atoms with van der Waals surface area (Å²) in [5, 5.41) is 17.3. The molecule has 7 nitrogen and oxygen atoms in total. The minimum absolute atomic E-state index is 0.0663. The molecule has 0 aliphatic carbocycles. The van der Waals surface area contributed by atoms with Crippen molar-refractivity contribution in [1.82, 2.24) is 15.2 Å². The van der Waals surface area contributed by atoms with Gasteiger partial charge in [0.2, 0.25) is 0 Å². The summed E-state index contributed by atoms with van der Waals surface area (Å²) in [5.74, 6) is -1.69. The van der Waals surface area contributed by atoms with Crippen LogP contribution in [0.1, 0.15) is 20.8 Å². The van der Waals surface area contributed by atoms with E-state index in [0.717, 1.165) is 11.8 Å². The highest BCUT2D eigenvalue weighted by atomic mass is 32.2. The Hall–Kier alpha value is -2.48. The molecule has 19 heavy (non-hydrogen) atoms. The Kier molecular flexibility index (Phi) is 3.71. The standard InChI is InChI=1S/C11H8N4O3S/c12-10(16)7-1-2-8(15-14-7)19-9-5-6(11(17)18)3-4-13-9/h1-5H,(H2,12,16)(H,17,18). The first-order valence-electron chi connectivity index (χ1n) is 5.07. The molecule has 1 amide bonds. The third-order valence-corrected chi connectivity index (χ3v) is 2.94. The highest BCUT2D eigenvalue weighted by Gasteiger charge is 2.08. The molecule has 0 fully saturated rings. The van der Waals surface area contributed by atoms with Crippen LogP contribution >= 0.6 is 11.8 Å². The summed E-state index contributed by atoms with van der Waals surface area (Å²) < 4.78 is 0. The van der Waals surface area contributed by atoms with Gasteiger partial charge in [-0.15, -0.1) is 10.2 Å². The summed E-state index contributed by atoms with van der Waals surface area (Å²) in [7, 11) is 0. The zero-order chi connectivity index (χ0) is 13.8. The first kappa shape index (κ1) is 13.0. The second-order valence-corrected chi connectivity index (χ2v) is 4.45. The van der Waals surface area contributed by atoms with E-state index in [1.165, 1.54) is 24.4 Å². The lowest BCUT2D eigenvalue weighted by molar-refractivity contribution is 0.0696. The van der Waals surface area contributed by atoms with Gasteiger partial charge in [-0.3, -0.25) is 4.79 Å². The van der Waals surface area contributed by atoms with Crippen molar-refractivity contribution in [3.05, 3.63) is 41.7 Å². The van der Waals surface area contributed by atoms with E-state index in [9.17, 15) is 9.59 Å². The molecule has 0 aliphatic heterocycles. The maximum atomic E-state index is 10.8. The first-order chi connectivity index (χ1) is 9.06. The number of carbonyl (C=O) groups is 2. The molecule has 2 aromatic rings. The number of hydrogen-bond acceptors (Lipinski definition) is 6. The molecule has 8 heteroatoms. The van der Waals surface area contributed by atoms with Gasteiger partial charge in [0.25, 0.3) is 5.91 Å². The van der Waals surface area contributed by atoms with Gasteiger partial charge in [-0.1, -0.05) is 0 Å². The quantitative estimate of drug-likeness (QED) is 0.848. The molecular weight excluding hydrogens is 268 g/mol. The zero-order valence-corrected chi connectivity index (χ0v) is 10.3. The smallest absolute Gasteiger partial charge is 0.335 e. The zero-order valence-electron chi connectivity index (χ0n) is 9.48. The number of carboxylic acids is 1. The number of nitrogens with zero attached hydrogens (tertiary/aromatic N) is 3. The highest BCUT2D eigenvalue weighted by Crippen LogP contribution is 2.23. The van der Waals surface area contributed by atoms with Gasteiger partial charge < -0.3 is 10.8 Å². The molecule has 0 aliphatic rings. The van der Waals surface area contributed by atoms with Crippen LogP contribution in [0.4, 0.5) is 0 Å². The predicted molar refractivity (Wildman–Crippen MR) is 65.9 cm³/mol. The third-order valence-electron chi connectivity index (χ3n) is 2.08. The SMILES string of the molecule is NC(=O)c1ccc(Sc2cc(C(=O)O)ccn2)nn1. The molecule has 0 bridgehead atoms. The van der Waals surface area contributed by atoms with E-state index >= 15 is 0 Å². The molecule has 2 heterocycles. The Morgan fingerprint density at radius 3 is 2.53 bits per heavy atom. The van der Waals surface area contributed by atoms with Crippen molar-refractivity contribution in [1.29, 1.82) is 0 Å². The minimum atomic E-state index is -1.03. The third kappa shape index (κ3) is 3.26. The van der Waals surface area contributed by atoms with Gasteiger partial charge in [-0.2, -0.15) is 0 Å². The molecule has 0 aromatic carbocycles. The summed E-state index contributed by atoms with van der Waals surface area (Å²) in [5.41, 5.74) is 5.25. The Bertz CT molecular complexity index is 630. The Balaban J connectivity index is 2.19. The first-order valence-corrected chi connectivity index (χ1v) is 5.88. The van der Waals surface area contributed by atoms with E-state index in [0.29, 0.717) is 10.1 Å². The summed E-state index contributed by atoms with van der Waals surface area (Å²) in [4.78, 5) is 25.6. The normalized spacial score (nSPS) is 10.1. The summed E-state index contributed by atoms with van der Waals surface area (Å²) in [6, 6.07) is 5.83. The van der Waals surface area contributed by atoms with E-state index < -0.39 is 11.9 Å². The topological polar surface area (TPSA) is 119 Å². The number of aromatic carboxylic acids is 1. The number of nitrogens with two attached hydrogens (primary N) is 1. The molecule has 2 aromatic heterocycles. The summed E-state index contributed by atoms with van der Waals surface area (Å²) in [6.07, 6.45) is 1.40. The fourth-order valence-electron chi connectivity index (χ4n) is 1.21. The number of amides is 1. The Morgan fingerprint density at radius 1 is 1.16 bits per heavy atom. The Labute approximate surface area is 111 Å². The van der Waals surface area contributed by atoms with Crippen LogP contribution in [0.15, 0.2) is 40.5 Å². The Morgan fingerprint density at radius 2 is 1.95 bits per heavy atom. The molecular formula is C11H8N4O3S. The summed E-state index contributed by atoms with van der Waals surface area (Å²) >= 11 is 1.14. The lowest BCUT2D eigenvalue weighted by Gasteiger charge is -2.01. The van der Waals surface area contributed by atoms with Crippen molar-refractivity contribution >= 4 is 23.6 Å². The molecule has 3 N–H and O–H groups in total. The number of pyridine rings is 1. The van der Waals surface area contributed by atoms with Crippen LogP contribution in [-0.2, 0) is 0 Å². The average molecular weight is 276 g/mol. The van der Waals surface area contributed by atoms with Gasteiger partial charge in [0, 0.05) is 6.20 Å². The van der Waals surface area contributed by atoms with Crippen molar-refractivity contribution in [3.63, 3.8) is 0 Å². The van der Waals surface area contributed by atoms with Crippen molar-refractivity contribution in [3.8, 4) is 0 Å². The van der Waals surface area contributed by atoms with Crippen molar-refractivity contribution in [2.24, 2.45) is 5.73 Å². The van der Waals surface area contributed by atoms with Gasteiger partial charge >= 0.3 is 5.97 Å². The van der Waals surface area contributed by atoms with Crippen molar-refractivity contribution in [2.75, 3.05) is 0 Å². The van der Waals surface area contributed by atoms with Crippen LogP contribution in [0, 0.1) is 0 Å². The van der Waals surface area contributed by atoms with E-state index in [1.807, 2.05) is 0 Å². The van der Waals surface area contributed by atoms with Crippen LogP contribution in [0.5, 0.6) is 0 Å². The maximum absolute atomic E-state index is 10.8. The number of carbonyl (C=O) groups excluding carboxylic acids is 1. The van der Waals surface area contributed by atoms with Gasteiger partial charge in [0.15, 0.2) is 5.69 Å². The minimum Gasteiger partial charge on any atom is -0.478 e. The molecule has 0 atom stereocenters. The monoisotopic (exact) mass is 276 g/mol. The second kappa shape index (κ2) is 5.44. The molecule has 0 unspecified atom stereocenters. The number of aromatic nitrogens is 3.